The van der Waals surface area contributed by atoms with Gasteiger partial charge in [0.25, 0.3) is 0 Å². The van der Waals surface area contributed by atoms with Crippen LogP contribution in [0.1, 0.15) is 25.8 Å². The number of fused-ring (bicyclic) bond motifs is 1. The smallest absolute Gasteiger partial charge is 0.232 e. The van der Waals surface area contributed by atoms with Crippen molar-refractivity contribution < 1.29 is 13.2 Å². The number of benzene rings is 1. The summed E-state index contributed by atoms with van der Waals surface area (Å²) in [5.74, 6) is 0.122. The Bertz CT molecular complexity index is 902. The number of nitrogens with zero attached hydrogens (tertiary/aromatic N) is 1. The molecule has 1 aliphatic rings. The zero-order chi connectivity index (χ0) is 17.7. The Kier molecular flexibility index (Phi) is 4.16. The van der Waals surface area contributed by atoms with E-state index >= 15 is 0 Å². The lowest BCUT2D eigenvalue weighted by Gasteiger charge is -2.32. The van der Waals surface area contributed by atoms with E-state index in [4.69, 9.17) is 11.6 Å². The first-order valence-electron chi connectivity index (χ1n) is 7.86. The number of carbonyl (C=O) groups is 1. The minimum atomic E-state index is -3.03. The first kappa shape index (κ1) is 17.3. The molecule has 1 aliphatic heterocycles. The molecule has 1 amide bonds. The number of hydrogen-bond acceptors (Lipinski definition) is 3. The number of aromatic nitrogens is 1. The zero-order valence-electron chi connectivity index (χ0n) is 14.0. The highest BCUT2D eigenvalue weighted by Gasteiger charge is 2.40. The van der Waals surface area contributed by atoms with Crippen LogP contribution in [-0.4, -0.2) is 48.8 Å². The normalized spacial score (nSPS) is 20.4. The molecule has 2 aromatic rings. The van der Waals surface area contributed by atoms with Crippen LogP contribution < -0.4 is 0 Å². The predicted octanol–water partition coefficient (Wildman–Crippen LogP) is 2.74. The average molecular weight is 369 g/mol. The zero-order valence-corrected chi connectivity index (χ0v) is 15.5. The first-order chi connectivity index (χ1) is 11.1. The van der Waals surface area contributed by atoms with E-state index in [1.807, 2.05) is 32.2 Å². The van der Waals surface area contributed by atoms with Crippen LogP contribution in [0.3, 0.4) is 0 Å². The van der Waals surface area contributed by atoms with Gasteiger partial charge in [0.05, 0.1) is 16.9 Å². The second-order valence-corrected chi connectivity index (χ2v) is 9.66. The van der Waals surface area contributed by atoms with Crippen LogP contribution in [-0.2, 0) is 20.0 Å². The van der Waals surface area contributed by atoms with Gasteiger partial charge < -0.3 is 9.88 Å². The van der Waals surface area contributed by atoms with Gasteiger partial charge in [0.1, 0.15) is 0 Å². The van der Waals surface area contributed by atoms with Crippen molar-refractivity contribution in [2.24, 2.45) is 0 Å². The van der Waals surface area contributed by atoms with E-state index in [1.165, 1.54) is 0 Å². The first-order valence-corrected chi connectivity index (χ1v) is 10.1. The lowest BCUT2D eigenvalue weighted by atomic mass is 9.82. The number of H-pyrrole nitrogens is 1. The van der Waals surface area contributed by atoms with Gasteiger partial charge in [-0.3, -0.25) is 4.79 Å². The summed E-state index contributed by atoms with van der Waals surface area (Å²) >= 11 is 6.02. The predicted molar refractivity (Wildman–Crippen MR) is 96.2 cm³/mol. The molecule has 1 unspecified atom stereocenters. The third-order valence-corrected chi connectivity index (χ3v) is 6.91. The Morgan fingerprint density at radius 3 is 2.71 bits per heavy atom. The van der Waals surface area contributed by atoms with E-state index in [1.54, 1.807) is 18.0 Å². The van der Waals surface area contributed by atoms with Gasteiger partial charge in [-0.15, -0.1) is 0 Å². The molecule has 0 spiro atoms. The van der Waals surface area contributed by atoms with E-state index in [0.717, 1.165) is 16.5 Å². The fraction of sp³-hybridized carbons (Fsp3) is 0.471. The molecule has 7 heteroatoms. The summed E-state index contributed by atoms with van der Waals surface area (Å²) in [5.41, 5.74) is 0.990. The molecule has 0 radical (unpaired) electrons. The summed E-state index contributed by atoms with van der Waals surface area (Å²) in [6.07, 6.45) is 2.34. The fourth-order valence-corrected chi connectivity index (χ4v) is 5.36. The fourth-order valence-electron chi connectivity index (χ4n) is 3.42. The molecule has 0 aliphatic carbocycles. The summed E-state index contributed by atoms with van der Waals surface area (Å²) in [5, 5.41) is 1.58. The molecule has 2 heterocycles. The Morgan fingerprint density at radius 2 is 2.08 bits per heavy atom. The van der Waals surface area contributed by atoms with Gasteiger partial charge in [0.15, 0.2) is 9.84 Å². The van der Waals surface area contributed by atoms with Gasteiger partial charge in [0.2, 0.25) is 5.91 Å². The van der Waals surface area contributed by atoms with Crippen molar-refractivity contribution in [1.82, 2.24) is 9.88 Å². The van der Waals surface area contributed by atoms with Crippen LogP contribution in [0.4, 0.5) is 0 Å². The summed E-state index contributed by atoms with van der Waals surface area (Å²) < 4.78 is 23.4. The molecule has 1 atom stereocenters. The van der Waals surface area contributed by atoms with Crippen molar-refractivity contribution in [3.63, 3.8) is 0 Å². The van der Waals surface area contributed by atoms with Crippen molar-refractivity contribution in [2.75, 3.05) is 18.6 Å². The van der Waals surface area contributed by atoms with Gasteiger partial charge in [0, 0.05) is 35.2 Å². The summed E-state index contributed by atoms with van der Waals surface area (Å²) in [4.78, 5) is 17.8. The van der Waals surface area contributed by atoms with Gasteiger partial charge in [-0.25, -0.2) is 8.42 Å². The maximum Gasteiger partial charge on any atom is 0.232 e. The molecule has 130 valence electrons. The molecule has 3 rings (SSSR count). The Morgan fingerprint density at radius 1 is 1.38 bits per heavy atom. The number of halogens is 1. The van der Waals surface area contributed by atoms with E-state index in [9.17, 15) is 13.2 Å². The molecule has 1 saturated heterocycles. The van der Waals surface area contributed by atoms with Crippen LogP contribution in [0, 0.1) is 0 Å². The largest absolute Gasteiger partial charge is 0.361 e. The van der Waals surface area contributed by atoms with Crippen LogP contribution in [0.2, 0.25) is 5.02 Å². The van der Waals surface area contributed by atoms with Gasteiger partial charge in [-0.05, 0) is 38.0 Å². The maximum atomic E-state index is 13.1. The Balaban J connectivity index is 1.92. The second kappa shape index (κ2) is 5.77. The quantitative estimate of drug-likeness (QED) is 0.905. The maximum absolute atomic E-state index is 13.1. The van der Waals surface area contributed by atoms with Crippen LogP contribution in [0.5, 0.6) is 0 Å². The highest BCUT2D eigenvalue weighted by atomic mass is 35.5. The highest BCUT2D eigenvalue weighted by Crippen LogP contribution is 2.34. The SMILES string of the molecule is CN(C(=O)C(C)(C)c1c[nH]c2cc(Cl)ccc12)C1CCS(=O)(=O)C1. The van der Waals surface area contributed by atoms with Crippen molar-refractivity contribution >= 4 is 38.2 Å². The van der Waals surface area contributed by atoms with Crippen LogP contribution in [0.15, 0.2) is 24.4 Å². The van der Waals surface area contributed by atoms with Crippen molar-refractivity contribution in [3.05, 3.63) is 35.0 Å². The molecule has 1 N–H and O–H groups in total. The molecule has 1 fully saturated rings. The molecule has 0 bridgehead atoms. The summed E-state index contributed by atoms with van der Waals surface area (Å²) in [7, 11) is -1.33. The van der Waals surface area contributed by atoms with Gasteiger partial charge in [-0.2, -0.15) is 0 Å². The van der Waals surface area contributed by atoms with Crippen molar-refractivity contribution in [1.29, 1.82) is 0 Å². The van der Waals surface area contributed by atoms with E-state index < -0.39 is 15.3 Å². The van der Waals surface area contributed by atoms with E-state index in [2.05, 4.69) is 4.98 Å². The van der Waals surface area contributed by atoms with E-state index in [-0.39, 0.29) is 23.5 Å². The topological polar surface area (TPSA) is 70.2 Å². The molecule has 0 saturated carbocycles. The average Bonchev–Trinajstić information content (AvgIpc) is 3.08. The molecular formula is C17H21ClN2O3S. The minimum Gasteiger partial charge on any atom is -0.361 e. The van der Waals surface area contributed by atoms with Crippen LogP contribution in [0.25, 0.3) is 10.9 Å². The molecule has 24 heavy (non-hydrogen) atoms. The van der Waals surface area contributed by atoms with E-state index in [0.29, 0.717) is 11.4 Å². The molecular weight excluding hydrogens is 348 g/mol. The monoisotopic (exact) mass is 368 g/mol. The number of sulfone groups is 1. The second-order valence-electron chi connectivity index (χ2n) is 6.99. The third-order valence-electron chi connectivity index (χ3n) is 4.93. The number of carbonyl (C=O) groups excluding carboxylic acids is 1. The molecule has 1 aromatic carbocycles. The number of aromatic amines is 1. The standard InChI is InChI=1S/C17H21ClN2O3S/c1-17(2,14-9-19-15-8-11(18)4-5-13(14)15)16(21)20(3)12-6-7-24(22,23)10-12/h4-5,8-9,12,19H,6-7,10H2,1-3H3. The molecule has 5 nitrogen and oxygen atoms in total. The number of rotatable bonds is 3. The number of amides is 1. The number of nitrogens with one attached hydrogen (secondary N) is 1. The van der Waals surface area contributed by atoms with Crippen LogP contribution >= 0.6 is 11.6 Å². The molecule has 1 aromatic heterocycles. The van der Waals surface area contributed by atoms with Gasteiger partial charge >= 0.3 is 0 Å². The third kappa shape index (κ3) is 2.93. The summed E-state index contributed by atoms with van der Waals surface area (Å²) in [6.45, 7) is 3.74. The summed E-state index contributed by atoms with van der Waals surface area (Å²) in [6, 6.07) is 5.28. The van der Waals surface area contributed by atoms with Crippen molar-refractivity contribution in [2.45, 2.75) is 31.7 Å². The number of likely N-dealkylation sites (N-methyl/N-ethyl adjacent to an activating group) is 1. The van der Waals surface area contributed by atoms with Gasteiger partial charge in [-0.1, -0.05) is 17.7 Å². The number of hydrogen-bond donors (Lipinski definition) is 1. The lowest BCUT2D eigenvalue weighted by molar-refractivity contribution is -0.136. The minimum absolute atomic E-state index is 0.0504. The lowest BCUT2D eigenvalue weighted by Crippen LogP contribution is -2.46. The Labute approximate surface area is 146 Å². The van der Waals surface area contributed by atoms with Crippen molar-refractivity contribution in [3.8, 4) is 0 Å². The Hall–Kier alpha value is -1.53. The highest BCUT2D eigenvalue weighted by molar-refractivity contribution is 7.91.